The molecular formula is C10H21NO2S. The van der Waals surface area contributed by atoms with Gasteiger partial charge in [-0.15, -0.1) is 0 Å². The van der Waals surface area contributed by atoms with E-state index in [1.54, 1.807) is 6.92 Å². The Bertz CT molecular complexity index is 274. The molecule has 1 aliphatic carbocycles. The van der Waals surface area contributed by atoms with Crippen molar-refractivity contribution in [1.29, 1.82) is 0 Å². The largest absolute Gasteiger partial charge is 0.327 e. The van der Waals surface area contributed by atoms with Crippen LogP contribution in [0.3, 0.4) is 0 Å². The Morgan fingerprint density at radius 2 is 1.86 bits per heavy atom. The molecule has 4 heteroatoms. The summed E-state index contributed by atoms with van der Waals surface area (Å²) in [6.07, 6.45) is 1.83. The second kappa shape index (κ2) is 4.19. The molecule has 0 aromatic heterocycles. The summed E-state index contributed by atoms with van der Waals surface area (Å²) in [6.45, 7) is 5.85. The van der Waals surface area contributed by atoms with Gasteiger partial charge in [0.15, 0.2) is 9.84 Å². The molecule has 0 aromatic carbocycles. The molecule has 0 amide bonds. The van der Waals surface area contributed by atoms with Gasteiger partial charge in [-0.05, 0) is 24.7 Å². The van der Waals surface area contributed by atoms with E-state index < -0.39 is 9.84 Å². The highest BCUT2D eigenvalue weighted by atomic mass is 32.2. The molecule has 0 heterocycles. The smallest absolute Gasteiger partial charge is 0.154 e. The highest BCUT2D eigenvalue weighted by molar-refractivity contribution is 7.92. The first-order valence-electron chi connectivity index (χ1n) is 5.35. The highest BCUT2D eigenvalue weighted by Gasteiger charge is 2.39. The SMILES string of the molecule is CCS(=O)(=O)C1C(C)CC(C)CC1N. The summed E-state index contributed by atoms with van der Waals surface area (Å²) >= 11 is 0. The average molecular weight is 219 g/mol. The maximum atomic E-state index is 11.8. The molecule has 4 atom stereocenters. The Morgan fingerprint density at radius 3 is 2.29 bits per heavy atom. The Morgan fingerprint density at radius 1 is 1.29 bits per heavy atom. The summed E-state index contributed by atoms with van der Waals surface area (Å²) in [4.78, 5) is 0. The van der Waals surface area contributed by atoms with E-state index in [9.17, 15) is 8.42 Å². The first-order chi connectivity index (χ1) is 6.38. The van der Waals surface area contributed by atoms with Crippen LogP contribution in [0.4, 0.5) is 0 Å². The van der Waals surface area contributed by atoms with Gasteiger partial charge in [-0.2, -0.15) is 0 Å². The summed E-state index contributed by atoms with van der Waals surface area (Å²) in [6, 6.07) is -0.168. The Labute approximate surface area is 87.0 Å². The molecular weight excluding hydrogens is 198 g/mol. The average Bonchev–Trinajstić information content (AvgIpc) is 2.01. The van der Waals surface area contributed by atoms with Crippen molar-refractivity contribution in [2.45, 2.75) is 44.9 Å². The quantitative estimate of drug-likeness (QED) is 0.758. The molecule has 1 fully saturated rings. The fourth-order valence-corrected chi connectivity index (χ4v) is 4.55. The first kappa shape index (κ1) is 12.0. The van der Waals surface area contributed by atoms with Gasteiger partial charge in [0.05, 0.1) is 5.25 Å². The second-order valence-electron chi connectivity index (χ2n) is 4.63. The third-order valence-corrected chi connectivity index (χ3v) is 5.70. The molecule has 0 saturated heterocycles. The van der Waals surface area contributed by atoms with Gasteiger partial charge in [0.2, 0.25) is 0 Å². The molecule has 0 spiro atoms. The number of hydrogen-bond donors (Lipinski definition) is 1. The maximum absolute atomic E-state index is 11.8. The predicted molar refractivity (Wildman–Crippen MR) is 58.8 cm³/mol. The summed E-state index contributed by atoms with van der Waals surface area (Å²) in [5.41, 5.74) is 5.94. The van der Waals surface area contributed by atoms with Crippen LogP contribution in [0, 0.1) is 11.8 Å². The van der Waals surface area contributed by atoms with E-state index in [1.165, 1.54) is 0 Å². The second-order valence-corrected chi connectivity index (χ2v) is 7.08. The fourth-order valence-electron chi connectivity index (χ4n) is 2.70. The highest BCUT2D eigenvalue weighted by Crippen LogP contribution is 2.32. The van der Waals surface area contributed by atoms with Crippen molar-refractivity contribution in [2.24, 2.45) is 17.6 Å². The van der Waals surface area contributed by atoms with Gasteiger partial charge in [0.25, 0.3) is 0 Å². The van der Waals surface area contributed by atoms with Crippen LogP contribution in [0.25, 0.3) is 0 Å². The van der Waals surface area contributed by atoms with Crippen LogP contribution in [0.2, 0.25) is 0 Å². The van der Waals surface area contributed by atoms with Gasteiger partial charge in [0.1, 0.15) is 0 Å². The van der Waals surface area contributed by atoms with E-state index in [-0.39, 0.29) is 23.0 Å². The molecule has 14 heavy (non-hydrogen) atoms. The molecule has 1 saturated carbocycles. The minimum Gasteiger partial charge on any atom is -0.327 e. The first-order valence-corrected chi connectivity index (χ1v) is 7.07. The van der Waals surface area contributed by atoms with Crippen LogP contribution in [-0.4, -0.2) is 25.5 Å². The summed E-state index contributed by atoms with van der Waals surface area (Å²) in [5.74, 6) is 0.978. The third kappa shape index (κ3) is 2.28. The van der Waals surface area contributed by atoms with E-state index >= 15 is 0 Å². The molecule has 0 radical (unpaired) electrons. The Kier molecular flexibility index (Phi) is 3.58. The molecule has 1 aliphatic rings. The molecule has 84 valence electrons. The molecule has 3 nitrogen and oxygen atoms in total. The van der Waals surface area contributed by atoms with E-state index in [1.807, 2.05) is 6.92 Å². The van der Waals surface area contributed by atoms with Crippen molar-refractivity contribution in [3.05, 3.63) is 0 Å². The fraction of sp³-hybridized carbons (Fsp3) is 1.00. The van der Waals surface area contributed by atoms with E-state index in [4.69, 9.17) is 5.73 Å². The number of rotatable bonds is 2. The molecule has 0 bridgehead atoms. The summed E-state index contributed by atoms with van der Waals surface area (Å²) in [7, 11) is -2.97. The molecule has 0 aromatic rings. The molecule has 2 N–H and O–H groups in total. The zero-order valence-corrected chi connectivity index (χ0v) is 10.0. The summed E-state index contributed by atoms with van der Waals surface area (Å²) < 4.78 is 23.6. The van der Waals surface area contributed by atoms with Crippen LogP contribution < -0.4 is 5.73 Å². The number of hydrogen-bond acceptors (Lipinski definition) is 3. The van der Waals surface area contributed by atoms with Crippen molar-refractivity contribution in [3.8, 4) is 0 Å². The minimum atomic E-state index is -2.97. The van der Waals surface area contributed by atoms with Crippen LogP contribution in [0.15, 0.2) is 0 Å². The zero-order chi connectivity index (χ0) is 10.9. The van der Waals surface area contributed by atoms with Gasteiger partial charge in [0, 0.05) is 11.8 Å². The van der Waals surface area contributed by atoms with Crippen LogP contribution in [-0.2, 0) is 9.84 Å². The maximum Gasteiger partial charge on any atom is 0.154 e. The van der Waals surface area contributed by atoms with Crippen molar-refractivity contribution in [2.75, 3.05) is 5.75 Å². The van der Waals surface area contributed by atoms with E-state index in [2.05, 4.69) is 6.92 Å². The van der Waals surface area contributed by atoms with Gasteiger partial charge in [-0.3, -0.25) is 0 Å². The third-order valence-electron chi connectivity index (χ3n) is 3.25. The standard InChI is InChI=1S/C10H21NO2S/c1-4-14(12,13)10-8(3)5-7(2)6-9(10)11/h7-10H,4-6,11H2,1-3H3. The van der Waals surface area contributed by atoms with Crippen LogP contribution in [0.5, 0.6) is 0 Å². The van der Waals surface area contributed by atoms with Crippen molar-refractivity contribution < 1.29 is 8.42 Å². The molecule has 4 unspecified atom stereocenters. The lowest BCUT2D eigenvalue weighted by Crippen LogP contribution is -2.49. The predicted octanol–water partition coefficient (Wildman–Crippen LogP) is 1.18. The van der Waals surface area contributed by atoms with Crippen LogP contribution in [0.1, 0.15) is 33.6 Å². The Balaban J connectivity index is 2.88. The van der Waals surface area contributed by atoms with E-state index in [0.717, 1.165) is 12.8 Å². The normalized spacial score (nSPS) is 39.7. The topological polar surface area (TPSA) is 60.2 Å². The van der Waals surface area contributed by atoms with Crippen molar-refractivity contribution in [1.82, 2.24) is 0 Å². The van der Waals surface area contributed by atoms with Gasteiger partial charge >= 0.3 is 0 Å². The Hall–Kier alpha value is -0.0900. The van der Waals surface area contributed by atoms with Crippen LogP contribution >= 0.6 is 0 Å². The van der Waals surface area contributed by atoms with Crippen molar-refractivity contribution >= 4 is 9.84 Å². The van der Waals surface area contributed by atoms with E-state index in [0.29, 0.717) is 5.92 Å². The number of sulfone groups is 1. The van der Waals surface area contributed by atoms with Gasteiger partial charge in [-0.25, -0.2) is 8.42 Å². The monoisotopic (exact) mass is 219 g/mol. The van der Waals surface area contributed by atoms with Crippen molar-refractivity contribution in [3.63, 3.8) is 0 Å². The van der Waals surface area contributed by atoms with Gasteiger partial charge < -0.3 is 5.73 Å². The lowest BCUT2D eigenvalue weighted by atomic mass is 9.80. The zero-order valence-electron chi connectivity index (χ0n) is 9.23. The minimum absolute atomic E-state index is 0.168. The number of nitrogens with two attached hydrogens (primary N) is 1. The van der Waals surface area contributed by atoms with Gasteiger partial charge in [-0.1, -0.05) is 20.8 Å². The summed E-state index contributed by atoms with van der Waals surface area (Å²) in [5, 5.41) is -0.316. The molecule has 0 aliphatic heterocycles. The lowest BCUT2D eigenvalue weighted by molar-refractivity contribution is 0.271. The molecule has 1 rings (SSSR count). The lowest BCUT2D eigenvalue weighted by Gasteiger charge is -2.36.